The van der Waals surface area contributed by atoms with Crippen molar-refractivity contribution >= 4 is 5.69 Å². The van der Waals surface area contributed by atoms with Gasteiger partial charge < -0.3 is 5.73 Å². The van der Waals surface area contributed by atoms with E-state index in [9.17, 15) is 8.78 Å². The molecule has 0 heterocycles. The fraction of sp³-hybridized carbons (Fsp3) is 0.143. The van der Waals surface area contributed by atoms with E-state index in [1.165, 1.54) is 12.1 Å². The molecule has 0 aliphatic rings. The summed E-state index contributed by atoms with van der Waals surface area (Å²) >= 11 is 0. The molecule has 0 saturated heterocycles. The Morgan fingerprint density at radius 3 is 1.65 bits per heavy atom. The van der Waals surface area contributed by atoms with E-state index in [0.717, 1.165) is 18.1 Å². The van der Waals surface area contributed by atoms with Crippen molar-refractivity contribution in [3.05, 3.63) is 54.1 Å². The van der Waals surface area contributed by atoms with Crippen molar-refractivity contribution in [2.75, 3.05) is 5.73 Å². The normalized spacial score (nSPS) is 11.5. The Hall–Kier alpha value is -1.90. The highest BCUT2D eigenvalue weighted by Gasteiger charge is 2.23. The van der Waals surface area contributed by atoms with Crippen molar-refractivity contribution in [3.63, 3.8) is 0 Å². The van der Waals surface area contributed by atoms with Gasteiger partial charge in [0.25, 0.3) is 5.92 Å². The Morgan fingerprint density at radius 2 is 1.24 bits per heavy atom. The zero-order valence-electron chi connectivity index (χ0n) is 9.45. The molecule has 0 aliphatic carbocycles. The molecule has 0 aromatic heterocycles. The van der Waals surface area contributed by atoms with E-state index in [1.807, 2.05) is 12.1 Å². The number of hydrogen-bond donors (Lipinski definition) is 1. The smallest absolute Gasteiger partial charge is 0.270 e. The molecule has 88 valence electrons. The van der Waals surface area contributed by atoms with E-state index in [2.05, 4.69) is 0 Å². The molecule has 17 heavy (non-hydrogen) atoms. The van der Waals surface area contributed by atoms with E-state index >= 15 is 0 Å². The molecule has 0 bridgehead atoms. The molecule has 1 nitrogen and oxygen atoms in total. The summed E-state index contributed by atoms with van der Waals surface area (Å²) in [4.78, 5) is 0. The quantitative estimate of drug-likeness (QED) is 0.778. The minimum atomic E-state index is -2.79. The lowest BCUT2D eigenvalue weighted by molar-refractivity contribution is 0.0175. The van der Waals surface area contributed by atoms with Gasteiger partial charge in [0, 0.05) is 18.2 Å². The molecule has 0 fully saturated rings. The molecule has 0 radical (unpaired) electrons. The van der Waals surface area contributed by atoms with Crippen LogP contribution in [0.3, 0.4) is 0 Å². The molecular weight excluding hydrogens is 220 g/mol. The summed E-state index contributed by atoms with van der Waals surface area (Å²) in [7, 11) is 0. The largest absolute Gasteiger partial charge is 0.399 e. The van der Waals surface area contributed by atoms with Gasteiger partial charge in [-0.3, -0.25) is 0 Å². The van der Waals surface area contributed by atoms with E-state index in [-0.39, 0.29) is 5.56 Å². The molecule has 0 atom stereocenters. The lowest BCUT2D eigenvalue weighted by Gasteiger charge is -2.11. The van der Waals surface area contributed by atoms with Crippen molar-refractivity contribution < 1.29 is 8.78 Å². The van der Waals surface area contributed by atoms with Crippen LogP contribution < -0.4 is 5.73 Å². The maximum absolute atomic E-state index is 13.0. The van der Waals surface area contributed by atoms with Crippen LogP contribution in [0.2, 0.25) is 0 Å². The third-order valence-corrected chi connectivity index (χ3v) is 2.64. The van der Waals surface area contributed by atoms with E-state index < -0.39 is 5.92 Å². The van der Waals surface area contributed by atoms with E-state index in [0.29, 0.717) is 5.69 Å². The van der Waals surface area contributed by atoms with Gasteiger partial charge in [-0.1, -0.05) is 36.4 Å². The van der Waals surface area contributed by atoms with Crippen molar-refractivity contribution in [1.29, 1.82) is 0 Å². The minimum absolute atomic E-state index is 0.0247. The first-order valence-corrected chi connectivity index (χ1v) is 5.31. The van der Waals surface area contributed by atoms with E-state index in [1.54, 1.807) is 24.3 Å². The summed E-state index contributed by atoms with van der Waals surface area (Å²) in [5.41, 5.74) is 8.16. The number of rotatable bonds is 2. The summed E-state index contributed by atoms with van der Waals surface area (Å²) in [5, 5.41) is 0. The predicted molar refractivity (Wildman–Crippen MR) is 65.9 cm³/mol. The highest BCUT2D eigenvalue weighted by molar-refractivity contribution is 5.65. The molecule has 0 aliphatic heterocycles. The lowest BCUT2D eigenvalue weighted by Crippen LogP contribution is -2.06. The molecular formula is C14H13F2N. The van der Waals surface area contributed by atoms with Crippen LogP contribution >= 0.6 is 0 Å². The van der Waals surface area contributed by atoms with Gasteiger partial charge in [-0.05, 0) is 23.3 Å². The number of nitrogen functional groups attached to an aromatic ring is 1. The van der Waals surface area contributed by atoms with Crippen molar-refractivity contribution in [1.82, 2.24) is 0 Å². The molecule has 0 amide bonds. The van der Waals surface area contributed by atoms with Gasteiger partial charge in [0.2, 0.25) is 0 Å². The summed E-state index contributed by atoms with van der Waals surface area (Å²) in [6.45, 7) is 0.894. The van der Waals surface area contributed by atoms with Gasteiger partial charge >= 0.3 is 0 Å². The number of benzene rings is 2. The van der Waals surface area contributed by atoms with Gasteiger partial charge in [0.15, 0.2) is 0 Å². The summed E-state index contributed by atoms with van der Waals surface area (Å²) in [6.07, 6.45) is 0. The van der Waals surface area contributed by atoms with Crippen LogP contribution in [0, 0.1) is 0 Å². The first kappa shape index (κ1) is 11.6. The van der Waals surface area contributed by atoms with Crippen molar-refractivity contribution in [3.8, 4) is 11.1 Å². The molecule has 0 saturated carbocycles. The average Bonchev–Trinajstić information content (AvgIpc) is 2.29. The molecule has 3 heteroatoms. The van der Waals surface area contributed by atoms with Crippen LogP contribution in [0.4, 0.5) is 14.5 Å². The summed E-state index contributed by atoms with van der Waals surface area (Å²) in [6, 6.07) is 13.6. The number of anilines is 1. The van der Waals surface area contributed by atoms with Crippen LogP contribution in [-0.4, -0.2) is 0 Å². The Bertz CT molecular complexity index is 495. The predicted octanol–water partition coefficient (Wildman–Crippen LogP) is 4.05. The Balaban J connectivity index is 2.33. The second-order valence-electron chi connectivity index (χ2n) is 4.09. The molecule has 0 spiro atoms. The van der Waals surface area contributed by atoms with Gasteiger partial charge in [0.05, 0.1) is 0 Å². The Morgan fingerprint density at radius 1 is 0.824 bits per heavy atom. The monoisotopic (exact) mass is 233 g/mol. The zero-order chi connectivity index (χ0) is 12.5. The van der Waals surface area contributed by atoms with Crippen LogP contribution in [0.25, 0.3) is 11.1 Å². The Kier molecular flexibility index (Phi) is 2.84. The third-order valence-electron chi connectivity index (χ3n) is 2.64. The number of alkyl halides is 2. The van der Waals surface area contributed by atoms with Gasteiger partial charge in [0.1, 0.15) is 0 Å². The van der Waals surface area contributed by atoms with Crippen LogP contribution in [0.15, 0.2) is 48.5 Å². The molecule has 2 N–H and O–H groups in total. The van der Waals surface area contributed by atoms with Crippen LogP contribution in [-0.2, 0) is 5.92 Å². The van der Waals surface area contributed by atoms with Gasteiger partial charge in [-0.25, -0.2) is 8.78 Å². The first-order chi connectivity index (χ1) is 7.97. The molecule has 2 rings (SSSR count). The van der Waals surface area contributed by atoms with E-state index in [4.69, 9.17) is 5.73 Å². The fourth-order valence-electron chi connectivity index (χ4n) is 1.63. The standard InChI is InChI=1S/C14H13F2N/c1-14(15,16)12-6-2-10(3-7-12)11-4-8-13(17)9-5-11/h2-9H,17H2,1H3. The number of hydrogen-bond acceptors (Lipinski definition) is 1. The number of halogens is 2. The first-order valence-electron chi connectivity index (χ1n) is 5.31. The highest BCUT2D eigenvalue weighted by atomic mass is 19.3. The van der Waals surface area contributed by atoms with Gasteiger partial charge in [-0.15, -0.1) is 0 Å². The molecule has 2 aromatic rings. The van der Waals surface area contributed by atoms with Gasteiger partial charge in [-0.2, -0.15) is 0 Å². The topological polar surface area (TPSA) is 26.0 Å². The third kappa shape index (κ3) is 2.61. The second-order valence-corrected chi connectivity index (χ2v) is 4.09. The molecule has 2 aromatic carbocycles. The average molecular weight is 233 g/mol. The number of nitrogens with two attached hydrogens (primary N) is 1. The second kappa shape index (κ2) is 4.17. The van der Waals surface area contributed by atoms with Crippen LogP contribution in [0.5, 0.6) is 0 Å². The van der Waals surface area contributed by atoms with Crippen LogP contribution in [0.1, 0.15) is 12.5 Å². The summed E-state index contributed by atoms with van der Waals surface area (Å²) < 4.78 is 26.1. The van der Waals surface area contributed by atoms with Crippen molar-refractivity contribution in [2.24, 2.45) is 0 Å². The Labute approximate surface area is 98.9 Å². The zero-order valence-corrected chi connectivity index (χ0v) is 9.45. The summed E-state index contributed by atoms with van der Waals surface area (Å²) in [5.74, 6) is -2.79. The minimum Gasteiger partial charge on any atom is -0.399 e. The SMILES string of the molecule is CC(F)(F)c1ccc(-c2ccc(N)cc2)cc1. The maximum atomic E-state index is 13.0. The highest BCUT2D eigenvalue weighted by Crippen LogP contribution is 2.29. The fourth-order valence-corrected chi connectivity index (χ4v) is 1.63. The molecule has 0 unspecified atom stereocenters. The maximum Gasteiger partial charge on any atom is 0.270 e. The lowest BCUT2D eigenvalue weighted by atomic mass is 10.0. The van der Waals surface area contributed by atoms with Crippen molar-refractivity contribution in [2.45, 2.75) is 12.8 Å².